The Morgan fingerprint density at radius 1 is 1.33 bits per heavy atom. The number of rotatable bonds is 0. The van der Waals surface area contributed by atoms with E-state index in [-0.39, 0.29) is 0 Å². The first-order valence-corrected chi connectivity index (χ1v) is 3.48. The Hall–Kier alpha value is -0.270. The van der Waals surface area contributed by atoms with Gasteiger partial charge in [-0.2, -0.15) is 0 Å². The minimum absolute atomic E-state index is 1.14. The van der Waals surface area contributed by atoms with Crippen molar-refractivity contribution in [2.45, 2.75) is 37.4 Å². The minimum atomic E-state index is -3.03. The van der Waals surface area contributed by atoms with Gasteiger partial charge in [-0.3, -0.25) is 0 Å². The van der Waals surface area contributed by atoms with Gasteiger partial charge in [-0.1, -0.05) is 0 Å². The highest BCUT2D eigenvalue weighted by atomic mass is 19.2. The van der Waals surface area contributed by atoms with Crippen LogP contribution in [0, 0.1) is 0 Å². The molecule has 1 aliphatic rings. The van der Waals surface area contributed by atoms with Crippen molar-refractivity contribution >= 4 is 0 Å². The molecule has 6 heteroatoms. The van der Waals surface area contributed by atoms with Crippen LogP contribution in [0.1, 0.15) is 6.92 Å². The van der Waals surface area contributed by atoms with Crippen molar-refractivity contribution in [2.75, 3.05) is 0 Å². The van der Waals surface area contributed by atoms with Crippen LogP contribution >= 0.6 is 0 Å². The van der Waals surface area contributed by atoms with Crippen molar-refractivity contribution in [2.24, 2.45) is 0 Å². The Morgan fingerprint density at radius 2 is 1.83 bits per heavy atom. The summed E-state index contributed by atoms with van der Waals surface area (Å²) in [6.07, 6.45) is -6.95. The average Bonchev–Trinajstić information content (AvgIpc) is 1.99. The number of ether oxygens (including phenoxy) is 1. The Kier molecular flexibility index (Phi) is 2.37. The summed E-state index contributed by atoms with van der Waals surface area (Å²) in [6, 6.07) is 0. The largest absolute Gasteiger partial charge is 0.385 e. The molecule has 0 aromatic carbocycles. The third-order valence-electron chi connectivity index (χ3n) is 1.94. The van der Waals surface area contributed by atoms with E-state index < -0.39 is 30.5 Å². The molecule has 0 amide bonds. The zero-order valence-corrected chi connectivity index (χ0v) is 6.38. The first-order valence-electron chi connectivity index (χ1n) is 3.48. The van der Waals surface area contributed by atoms with Crippen molar-refractivity contribution in [1.29, 1.82) is 0 Å². The van der Waals surface area contributed by atoms with Gasteiger partial charge in [0.1, 0.15) is 18.3 Å². The van der Waals surface area contributed by atoms with Gasteiger partial charge in [-0.05, 0) is 6.92 Å². The molecule has 72 valence electrons. The summed E-state index contributed by atoms with van der Waals surface area (Å²) in [5.41, 5.74) is 0. The molecule has 0 aromatic rings. The molecule has 0 bridgehead atoms. The van der Waals surface area contributed by atoms with E-state index in [4.69, 9.17) is 20.4 Å². The molecule has 0 saturated carbocycles. The van der Waals surface area contributed by atoms with Crippen molar-refractivity contribution in [1.82, 2.24) is 0 Å². The predicted molar refractivity (Wildman–Crippen MR) is 34.6 cm³/mol. The Bertz CT molecular complexity index is 173. The number of aliphatic hydroxyl groups excluding tert-OH is 3. The van der Waals surface area contributed by atoms with Gasteiger partial charge in [0.15, 0.2) is 6.29 Å². The fraction of sp³-hybridized carbons (Fsp3) is 1.00. The lowest BCUT2D eigenvalue weighted by atomic mass is 9.97. The fourth-order valence-corrected chi connectivity index (χ4v) is 1.02. The lowest BCUT2D eigenvalue weighted by molar-refractivity contribution is -0.348. The van der Waals surface area contributed by atoms with Crippen LogP contribution in [0.2, 0.25) is 0 Å². The molecule has 0 spiro atoms. The average molecular weight is 182 g/mol. The fourth-order valence-electron chi connectivity index (χ4n) is 1.02. The first kappa shape index (κ1) is 9.82. The maximum absolute atomic E-state index is 13.0. The van der Waals surface area contributed by atoms with Crippen molar-refractivity contribution in [3.63, 3.8) is 0 Å². The van der Waals surface area contributed by atoms with Gasteiger partial charge in [0.2, 0.25) is 0 Å². The second-order valence-electron chi connectivity index (χ2n) is 2.83. The summed E-state index contributed by atoms with van der Waals surface area (Å²) in [6.45, 7) is 1.14. The summed E-state index contributed by atoms with van der Waals surface area (Å²) in [5.74, 6) is -3.03. The molecule has 5 nitrogen and oxygen atoms in total. The molecule has 1 heterocycles. The third-order valence-corrected chi connectivity index (χ3v) is 1.94. The second kappa shape index (κ2) is 2.90. The monoisotopic (exact) mass is 182 g/mol. The highest BCUT2D eigenvalue weighted by molar-refractivity contribution is 4.92. The van der Waals surface area contributed by atoms with Crippen LogP contribution in [-0.2, 0) is 4.74 Å². The van der Waals surface area contributed by atoms with Crippen LogP contribution < -0.4 is 0 Å². The molecular weight excluding hydrogens is 171 g/mol. The maximum Gasteiger partial charge on any atom is 0.261 e. The van der Waals surface area contributed by atoms with E-state index in [9.17, 15) is 4.39 Å². The highest BCUT2D eigenvalue weighted by Gasteiger charge is 2.53. The second-order valence-corrected chi connectivity index (χ2v) is 2.83. The van der Waals surface area contributed by atoms with Gasteiger partial charge >= 0.3 is 0 Å². The normalized spacial score (nSPS) is 55.5. The SMILES string of the molecule is C[C@@H]1OC(O)[C@@H](O)[C@@H](O)[C@]1(O)F. The Labute approximate surface area is 68.0 Å². The zero-order valence-electron chi connectivity index (χ0n) is 6.38. The predicted octanol–water partition coefficient (Wildman–Crippen LogP) is -1.90. The van der Waals surface area contributed by atoms with Crippen molar-refractivity contribution in [3.8, 4) is 0 Å². The molecule has 1 saturated heterocycles. The molecule has 1 aliphatic heterocycles. The number of halogens is 1. The number of aliphatic hydroxyl groups is 4. The third kappa shape index (κ3) is 1.32. The lowest BCUT2D eigenvalue weighted by Gasteiger charge is -2.40. The summed E-state index contributed by atoms with van der Waals surface area (Å²) in [7, 11) is 0. The van der Waals surface area contributed by atoms with Gasteiger partial charge in [-0.25, -0.2) is 4.39 Å². The Balaban J connectivity index is 2.80. The van der Waals surface area contributed by atoms with E-state index in [0.29, 0.717) is 0 Å². The van der Waals surface area contributed by atoms with Crippen molar-refractivity contribution < 1.29 is 29.6 Å². The van der Waals surface area contributed by atoms with E-state index in [1.54, 1.807) is 0 Å². The molecule has 1 fully saturated rings. The van der Waals surface area contributed by atoms with Crippen LogP contribution in [0.25, 0.3) is 0 Å². The standard InChI is InChI=1S/C6H11FO5/c1-2-6(7,11)4(9)3(8)5(10)12-2/h2-5,8-11H,1H3/t2-,3-,4+,5?,6-/m0/s1. The molecule has 1 rings (SSSR count). The van der Waals surface area contributed by atoms with Gasteiger partial charge in [0.05, 0.1) is 0 Å². The van der Waals surface area contributed by atoms with Crippen LogP contribution in [0.5, 0.6) is 0 Å². The van der Waals surface area contributed by atoms with Gasteiger partial charge < -0.3 is 25.2 Å². The van der Waals surface area contributed by atoms with Crippen LogP contribution in [0.4, 0.5) is 4.39 Å². The zero-order chi connectivity index (χ0) is 9.52. The molecule has 0 radical (unpaired) electrons. The first-order chi connectivity index (χ1) is 5.37. The Morgan fingerprint density at radius 3 is 2.33 bits per heavy atom. The highest BCUT2D eigenvalue weighted by Crippen LogP contribution is 2.29. The van der Waals surface area contributed by atoms with E-state index >= 15 is 0 Å². The van der Waals surface area contributed by atoms with E-state index in [0.717, 1.165) is 6.92 Å². The minimum Gasteiger partial charge on any atom is -0.385 e. The molecule has 12 heavy (non-hydrogen) atoms. The summed E-state index contributed by atoms with van der Waals surface area (Å²) >= 11 is 0. The molecular formula is C6H11FO5. The summed E-state index contributed by atoms with van der Waals surface area (Å²) < 4.78 is 17.4. The van der Waals surface area contributed by atoms with E-state index in [1.165, 1.54) is 0 Å². The molecule has 0 aromatic heterocycles. The van der Waals surface area contributed by atoms with Crippen LogP contribution in [0.3, 0.4) is 0 Å². The maximum atomic E-state index is 13.0. The molecule has 1 unspecified atom stereocenters. The van der Waals surface area contributed by atoms with Crippen molar-refractivity contribution in [3.05, 3.63) is 0 Å². The molecule has 4 N–H and O–H groups in total. The topological polar surface area (TPSA) is 90.2 Å². The number of alkyl halides is 1. The van der Waals surface area contributed by atoms with Gasteiger partial charge in [0, 0.05) is 0 Å². The lowest BCUT2D eigenvalue weighted by Crippen LogP contribution is -2.62. The quantitative estimate of drug-likeness (QED) is 0.351. The summed E-state index contributed by atoms with van der Waals surface area (Å²) in [5, 5.41) is 35.5. The number of hydrogen-bond donors (Lipinski definition) is 4. The summed E-state index contributed by atoms with van der Waals surface area (Å²) in [4.78, 5) is 0. The molecule has 0 aliphatic carbocycles. The van der Waals surface area contributed by atoms with E-state index in [2.05, 4.69) is 4.74 Å². The number of hydrogen-bond acceptors (Lipinski definition) is 5. The van der Waals surface area contributed by atoms with Gasteiger partial charge in [0.25, 0.3) is 5.85 Å². The van der Waals surface area contributed by atoms with Crippen LogP contribution in [0.15, 0.2) is 0 Å². The smallest absolute Gasteiger partial charge is 0.261 e. The van der Waals surface area contributed by atoms with Gasteiger partial charge in [-0.15, -0.1) is 0 Å². The van der Waals surface area contributed by atoms with Crippen LogP contribution in [-0.4, -0.2) is 50.9 Å². The van der Waals surface area contributed by atoms with E-state index in [1.807, 2.05) is 0 Å². The molecule has 5 atom stereocenters.